The predicted molar refractivity (Wildman–Crippen MR) is 213 cm³/mol. The summed E-state index contributed by atoms with van der Waals surface area (Å²) in [5.74, 6) is 1.86. The molecule has 4 heterocycles. The fraction of sp³-hybridized carbons (Fsp3) is 0.283. The molecule has 0 aromatic heterocycles. The summed E-state index contributed by atoms with van der Waals surface area (Å²) >= 11 is 0. The molecule has 0 aliphatic carbocycles. The van der Waals surface area contributed by atoms with Crippen LogP contribution in [0.1, 0.15) is 65.2 Å². The van der Waals surface area contributed by atoms with E-state index in [1.807, 2.05) is 65.1 Å². The van der Waals surface area contributed by atoms with Crippen LogP contribution < -0.4 is 24.4 Å². The number of anilines is 2. The summed E-state index contributed by atoms with van der Waals surface area (Å²) in [6, 6.07) is 30.8. The Kier molecular flexibility index (Phi) is 10.6. The predicted octanol–water partition coefficient (Wildman–Crippen LogP) is 7.64. The Bertz CT molecular complexity index is 2350. The number of hydrogen-bond acceptors (Lipinski definition) is 7. The summed E-state index contributed by atoms with van der Waals surface area (Å²) < 4.78 is 18.7. The number of likely N-dealkylation sites (N-methyl/N-ethyl adjacent to an activating group) is 1. The molecule has 9 nitrogen and oxygen atoms in total. The summed E-state index contributed by atoms with van der Waals surface area (Å²) in [4.78, 5) is 33.8. The van der Waals surface area contributed by atoms with Crippen molar-refractivity contribution in [3.05, 3.63) is 153 Å². The zero-order valence-electron chi connectivity index (χ0n) is 32.3. The smallest absolute Gasteiger partial charge is 0.256 e. The van der Waals surface area contributed by atoms with Crippen LogP contribution in [0.4, 0.5) is 11.4 Å². The molecule has 5 aromatic carbocycles. The van der Waals surface area contributed by atoms with E-state index in [9.17, 15) is 9.59 Å². The Hall–Kier alpha value is -4.86. The molecule has 0 bridgehead atoms. The third-order valence-electron chi connectivity index (χ3n) is 11.5. The quantitative estimate of drug-likeness (QED) is 0.169. The van der Waals surface area contributed by atoms with E-state index in [4.69, 9.17) is 14.2 Å². The van der Waals surface area contributed by atoms with Gasteiger partial charge in [-0.05, 0) is 90.9 Å². The molecule has 2 atom stereocenters. The van der Waals surface area contributed by atoms with Gasteiger partial charge in [-0.2, -0.15) is 0 Å². The van der Waals surface area contributed by atoms with Crippen molar-refractivity contribution in [3.63, 3.8) is 0 Å². The molecule has 4 aliphatic rings. The normalized spacial score (nSPS) is 18.0. The van der Waals surface area contributed by atoms with Crippen molar-refractivity contribution in [1.29, 1.82) is 0 Å². The van der Waals surface area contributed by atoms with Gasteiger partial charge >= 0.3 is 0 Å². The van der Waals surface area contributed by atoms with Crippen LogP contribution in [-0.2, 0) is 71.9 Å². The van der Waals surface area contributed by atoms with Crippen molar-refractivity contribution in [2.45, 2.75) is 65.1 Å². The fourth-order valence-electron chi connectivity index (χ4n) is 8.67. The molecule has 0 saturated carbocycles. The maximum Gasteiger partial charge on any atom is 0.256 e. The zero-order valence-corrected chi connectivity index (χ0v) is 35.1. The summed E-state index contributed by atoms with van der Waals surface area (Å²) in [5.41, 5.74) is 11.9. The number of nitrogens with one attached hydrogen (secondary N) is 1. The van der Waals surface area contributed by atoms with E-state index in [2.05, 4.69) is 73.4 Å². The van der Waals surface area contributed by atoms with Gasteiger partial charge in [-0.15, -0.1) is 0 Å². The third-order valence-corrected chi connectivity index (χ3v) is 11.5. The van der Waals surface area contributed by atoms with E-state index in [0.717, 1.165) is 52.2 Å². The van der Waals surface area contributed by atoms with Crippen LogP contribution in [0.2, 0.25) is 0 Å². The molecule has 5 aromatic rings. The number of ether oxygens (including phenoxy) is 3. The van der Waals surface area contributed by atoms with Crippen LogP contribution in [0.15, 0.2) is 91.0 Å². The molecule has 56 heavy (non-hydrogen) atoms. The van der Waals surface area contributed by atoms with Gasteiger partial charge < -0.3 is 34.2 Å². The number of rotatable bonds is 7. The molecular weight excluding hydrogens is 777 g/mol. The monoisotopic (exact) mass is 822 g/mol. The second kappa shape index (κ2) is 15.6. The third kappa shape index (κ3) is 7.16. The van der Waals surface area contributed by atoms with E-state index in [0.29, 0.717) is 55.5 Å². The average Bonchev–Trinajstić information content (AvgIpc) is 3.38. The van der Waals surface area contributed by atoms with Gasteiger partial charge in [-0.3, -0.25) is 9.59 Å². The molecule has 10 heteroatoms. The Labute approximate surface area is 353 Å². The van der Waals surface area contributed by atoms with Gasteiger partial charge in [0.2, 0.25) is 0 Å². The second-order valence-electron chi connectivity index (χ2n) is 15.3. The average molecular weight is 823 g/mol. The molecular formula is C46H45N4O5Y-. The Morgan fingerprint density at radius 3 is 2.04 bits per heavy atom. The van der Waals surface area contributed by atoms with Gasteiger partial charge in [0.15, 0.2) is 11.5 Å². The van der Waals surface area contributed by atoms with Crippen LogP contribution in [-0.4, -0.2) is 54.4 Å². The summed E-state index contributed by atoms with van der Waals surface area (Å²) in [6.45, 7) is 8.74. The van der Waals surface area contributed by atoms with Crippen LogP contribution >= 0.6 is 0 Å². The standard InChI is InChI=1S/C46H45N4O5.Y/c1-28-13-30(26-54-42-20-40-38(15-29(42)2)45(51)49-23-34-11-7-5-9-32(34)17-36(49)22-47-40)16-31(14-28)27-55-44-21-41-39(19-43(44)53-4)46(52)50-24-35-12-8-6-10-33(35)18-37(50)25-48(41)3;/h5-16,19-21,25,36-37,47H,17-18,22-24,26-27H2,1-4H3;/q-1;/t36-,37-;/m0./s1. The van der Waals surface area contributed by atoms with E-state index in [-0.39, 0.29) is 56.6 Å². The van der Waals surface area contributed by atoms with Crippen molar-refractivity contribution < 1.29 is 56.5 Å². The molecule has 1 N–H and O–H groups in total. The van der Waals surface area contributed by atoms with Gasteiger partial charge in [-0.1, -0.05) is 72.3 Å². The van der Waals surface area contributed by atoms with Crippen molar-refractivity contribution in [2.75, 3.05) is 30.9 Å². The number of benzene rings is 5. The van der Waals surface area contributed by atoms with Gasteiger partial charge in [0.1, 0.15) is 19.0 Å². The van der Waals surface area contributed by atoms with Gasteiger partial charge in [0, 0.05) is 70.2 Å². The number of methoxy groups -OCH3 is 1. The van der Waals surface area contributed by atoms with Gasteiger partial charge in [-0.25, -0.2) is 6.54 Å². The Morgan fingerprint density at radius 1 is 0.714 bits per heavy atom. The van der Waals surface area contributed by atoms with Crippen molar-refractivity contribution >= 4 is 23.2 Å². The Balaban J connectivity index is 0.00000441. The largest absolute Gasteiger partial charge is 0.522 e. The molecule has 2 amide bonds. The number of carbonyl (C=O) groups excluding carboxylic acids is 2. The van der Waals surface area contributed by atoms with Crippen LogP contribution in [0, 0.1) is 20.4 Å². The number of nitrogens with zero attached hydrogens (tertiary/aromatic N) is 3. The van der Waals surface area contributed by atoms with E-state index >= 15 is 0 Å². The molecule has 0 fully saturated rings. The van der Waals surface area contributed by atoms with Crippen LogP contribution in [0.5, 0.6) is 17.2 Å². The van der Waals surface area contributed by atoms with Crippen molar-refractivity contribution in [3.8, 4) is 17.2 Å². The SMILES string of the molecule is COc1cc2c(cc1OCc1cc(C)cc(COc3cc4c(cc3C)C(=O)N3Cc5ccccc5C[C@H]3CN4)c1)N(C)[CH-][C@@H]1Cc3ccccc3CN1C2=O.[Y]. The number of carbonyl (C=O) groups is 2. The molecule has 0 unspecified atom stereocenters. The van der Waals surface area contributed by atoms with Crippen molar-refractivity contribution in [2.24, 2.45) is 0 Å². The van der Waals surface area contributed by atoms with Crippen LogP contribution in [0.3, 0.4) is 0 Å². The molecule has 9 rings (SSSR count). The fourth-order valence-corrected chi connectivity index (χ4v) is 8.67. The van der Waals surface area contributed by atoms with E-state index < -0.39 is 0 Å². The molecule has 1 radical (unpaired) electrons. The molecule has 0 spiro atoms. The summed E-state index contributed by atoms with van der Waals surface area (Å²) in [6.07, 6.45) is 1.62. The minimum Gasteiger partial charge on any atom is -0.522 e. The second-order valence-corrected chi connectivity index (χ2v) is 15.3. The number of hydrogen-bond donors (Lipinski definition) is 1. The maximum absolute atomic E-state index is 14.0. The summed E-state index contributed by atoms with van der Waals surface area (Å²) in [7, 11) is 3.59. The minimum atomic E-state index is -0.0442. The first-order chi connectivity index (χ1) is 26.7. The number of amides is 2. The zero-order chi connectivity index (χ0) is 37.8. The number of aryl methyl sites for hydroxylation is 2. The maximum atomic E-state index is 14.0. The number of fused-ring (bicyclic) bond motifs is 6. The topological polar surface area (TPSA) is 83.6 Å². The van der Waals surface area contributed by atoms with E-state index in [1.165, 1.54) is 22.3 Å². The molecule has 283 valence electrons. The van der Waals surface area contributed by atoms with Gasteiger partial charge in [0.25, 0.3) is 11.8 Å². The first-order valence-electron chi connectivity index (χ1n) is 19.0. The Morgan fingerprint density at radius 2 is 1.34 bits per heavy atom. The van der Waals surface area contributed by atoms with E-state index in [1.54, 1.807) is 7.11 Å². The summed E-state index contributed by atoms with van der Waals surface area (Å²) in [5, 5.41) is 3.56. The first-order valence-corrected chi connectivity index (χ1v) is 19.0. The minimum absolute atomic E-state index is 0. The van der Waals surface area contributed by atoms with Crippen LogP contribution in [0.25, 0.3) is 0 Å². The van der Waals surface area contributed by atoms with Gasteiger partial charge in [0.05, 0.1) is 30.0 Å². The molecule has 0 saturated heterocycles. The van der Waals surface area contributed by atoms with Crippen molar-refractivity contribution in [1.82, 2.24) is 9.80 Å². The first kappa shape index (κ1) is 38.0. The molecule has 4 aliphatic heterocycles.